The van der Waals surface area contributed by atoms with Crippen molar-refractivity contribution in [1.29, 1.82) is 0 Å². The van der Waals surface area contributed by atoms with Crippen molar-refractivity contribution in [3.63, 3.8) is 0 Å². The van der Waals surface area contributed by atoms with Gasteiger partial charge in [0, 0.05) is 17.7 Å². The molecule has 53 heavy (non-hydrogen) atoms. The van der Waals surface area contributed by atoms with Gasteiger partial charge in [-0.15, -0.1) is 0 Å². The summed E-state index contributed by atoms with van der Waals surface area (Å²) in [5, 5.41) is 9.65. The molecule has 284 valence electrons. The summed E-state index contributed by atoms with van der Waals surface area (Å²) in [6, 6.07) is 20.0. The van der Waals surface area contributed by atoms with E-state index in [1.807, 2.05) is 60.7 Å². The molecule has 3 saturated carbocycles. The summed E-state index contributed by atoms with van der Waals surface area (Å²) in [7, 11) is 4.11. The molecule has 3 aromatic carbocycles. The molecule has 11 heteroatoms. The van der Waals surface area contributed by atoms with Crippen LogP contribution < -0.4 is 30.2 Å². The fourth-order valence-electron chi connectivity index (χ4n) is 8.88. The fraction of sp³-hybridized carbons (Fsp3) is 0.524. The Kier molecular flexibility index (Phi) is 11.4. The second kappa shape index (κ2) is 15.6. The van der Waals surface area contributed by atoms with E-state index in [0.29, 0.717) is 35.5 Å². The van der Waals surface area contributed by atoms with Crippen molar-refractivity contribution in [1.82, 2.24) is 10.6 Å². The van der Waals surface area contributed by atoms with E-state index in [2.05, 4.69) is 50.6 Å². The highest BCUT2D eigenvalue weighted by molar-refractivity contribution is 6.48. The topological polar surface area (TPSA) is 116 Å². The molecule has 0 spiro atoms. The van der Waals surface area contributed by atoms with Gasteiger partial charge in [-0.1, -0.05) is 76.2 Å². The largest absolute Gasteiger partial charge is 0.493 e. The van der Waals surface area contributed by atoms with Gasteiger partial charge >= 0.3 is 7.12 Å². The molecule has 1 aliphatic heterocycles. The minimum Gasteiger partial charge on any atom is -0.493 e. The summed E-state index contributed by atoms with van der Waals surface area (Å²) >= 11 is 0. The van der Waals surface area contributed by atoms with Crippen LogP contribution >= 0.6 is 0 Å². The second-order valence-electron chi connectivity index (χ2n) is 16.2. The predicted molar refractivity (Wildman–Crippen MR) is 208 cm³/mol. The van der Waals surface area contributed by atoms with Crippen LogP contribution in [0.1, 0.15) is 66.4 Å². The zero-order valence-corrected chi connectivity index (χ0v) is 32.7. The Morgan fingerprint density at radius 1 is 0.849 bits per heavy atom. The van der Waals surface area contributed by atoms with Crippen LogP contribution in [0.15, 0.2) is 66.7 Å². The van der Waals surface area contributed by atoms with Crippen molar-refractivity contribution in [2.75, 3.05) is 26.6 Å². The minimum absolute atomic E-state index is 0.00811. The maximum atomic E-state index is 14.2. The summed E-state index contributed by atoms with van der Waals surface area (Å²) in [6.45, 7) is 12.8. The molecule has 0 aromatic heterocycles. The zero-order chi connectivity index (χ0) is 38.1. The molecule has 2 amide bonds. The second-order valence-corrected chi connectivity index (χ2v) is 16.2. The van der Waals surface area contributed by atoms with E-state index in [0.717, 1.165) is 35.2 Å². The standard InChI is InChI=1S/C42H56BN3O7/c1-25(2)20-36(43-52-35-24-30-23-34(41(30,4)5)42(35,6)53-43)46-39(47)26(3)44-40(48)32(22-29-18-19-33(49-7)38(51-9)37(29)50-8)45-31-17-13-16-28(21-31)27-14-11-10-12-15-27/h10-19,21,25-26,30,32,34-36,45H,20,22-24H2,1-9H3,(H,44,48)(H,46,47)/t26-,30-,32-,34-,35+,36-,42-/m0/s1. The normalized spacial score (nSPS) is 24.3. The molecule has 1 heterocycles. The van der Waals surface area contributed by atoms with Gasteiger partial charge < -0.3 is 39.5 Å². The van der Waals surface area contributed by atoms with Gasteiger partial charge in [0.1, 0.15) is 12.1 Å². The number of anilines is 1. The van der Waals surface area contributed by atoms with Crippen molar-refractivity contribution < 1.29 is 33.1 Å². The molecule has 3 aromatic rings. The smallest absolute Gasteiger partial charge is 0.481 e. The molecular formula is C42H56BN3O7. The van der Waals surface area contributed by atoms with Gasteiger partial charge in [0.2, 0.25) is 17.6 Å². The van der Waals surface area contributed by atoms with E-state index < -0.39 is 19.2 Å². The third kappa shape index (κ3) is 7.74. The number of hydrogen-bond acceptors (Lipinski definition) is 8. The Morgan fingerprint density at radius 3 is 2.23 bits per heavy atom. The highest BCUT2D eigenvalue weighted by Gasteiger charge is 2.68. The number of ether oxygens (including phenoxy) is 3. The van der Waals surface area contributed by atoms with Crippen LogP contribution in [-0.2, 0) is 25.3 Å². The quantitative estimate of drug-likeness (QED) is 0.148. The fourth-order valence-corrected chi connectivity index (χ4v) is 8.88. The van der Waals surface area contributed by atoms with Gasteiger partial charge in [0.25, 0.3) is 0 Å². The molecular weight excluding hydrogens is 669 g/mol. The first-order valence-electron chi connectivity index (χ1n) is 18.9. The van der Waals surface area contributed by atoms with Gasteiger partial charge in [-0.2, -0.15) is 0 Å². The minimum atomic E-state index is -0.838. The van der Waals surface area contributed by atoms with Gasteiger partial charge in [-0.05, 0) is 85.6 Å². The Morgan fingerprint density at radius 2 is 1.57 bits per heavy atom. The lowest BCUT2D eigenvalue weighted by molar-refractivity contribution is -0.199. The zero-order valence-electron chi connectivity index (χ0n) is 32.7. The maximum absolute atomic E-state index is 14.2. The van der Waals surface area contributed by atoms with Gasteiger partial charge in [-0.25, -0.2) is 0 Å². The maximum Gasteiger partial charge on any atom is 0.481 e. The highest BCUT2D eigenvalue weighted by atomic mass is 16.7. The van der Waals surface area contributed by atoms with E-state index in [9.17, 15) is 9.59 Å². The Labute approximate surface area is 315 Å². The third-order valence-electron chi connectivity index (χ3n) is 11.9. The first-order valence-corrected chi connectivity index (χ1v) is 18.9. The molecule has 2 bridgehead atoms. The Bertz CT molecular complexity index is 1770. The lowest BCUT2D eigenvalue weighted by Gasteiger charge is -2.64. The van der Waals surface area contributed by atoms with Crippen LogP contribution in [0.3, 0.4) is 0 Å². The number of carbonyl (C=O) groups is 2. The lowest BCUT2D eigenvalue weighted by Crippen LogP contribution is -2.65. The number of amides is 2. The number of rotatable bonds is 15. The summed E-state index contributed by atoms with van der Waals surface area (Å²) in [5.41, 5.74) is 3.39. The Hall–Kier alpha value is -4.22. The monoisotopic (exact) mass is 725 g/mol. The van der Waals surface area contributed by atoms with Crippen LogP contribution in [0.25, 0.3) is 11.1 Å². The van der Waals surface area contributed by atoms with Crippen molar-refractivity contribution in [3.05, 3.63) is 72.3 Å². The van der Waals surface area contributed by atoms with Crippen molar-refractivity contribution in [2.45, 2.75) is 97.0 Å². The molecule has 1 saturated heterocycles. The molecule has 7 rings (SSSR count). The van der Waals surface area contributed by atoms with E-state index in [1.54, 1.807) is 34.3 Å². The lowest BCUT2D eigenvalue weighted by atomic mass is 9.43. The number of hydrogen-bond donors (Lipinski definition) is 3. The summed E-state index contributed by atoms with van der Waals surface area (Å²) in [6.07, 6.45) is 3.05. The van der Waals surface area contributed by atoms with E-state index in [4.69, 9.17) is 23.5 Å². The van der Waals surface area contributed by atoms with Gasteiger partial charge in [-0.3, -0.25) is 9.59 Å². The van der Waals surface area contributed by atoms with Crippen molar-refractivity contribution in [3.8, 4) is 28.4 Å². The summed E-state index contributed by atoms with van der Waals surface area (Å²) < 4.78 is 30.3. The molecule has 0 radical (unpaired) electrons. The summed E-state index contributed by atoms with van der Waals surface area (Å²) in [5.74, 6) is 1.75. The molecule has 0 unspecified atom stereocenters. The molecule has 10 nitrogen and oxygen atoms in total. The van der Waals surface area contributed by atoms with Crippen molar-refractivity contribution >= 4 is 24.6 Å². The van der Waals surface area contributed by atoms with Crippen LogP contribution in [0.5, 0.6) is 17.2 Å². The predicted octanol–water partition coefficient (Wildman–Crippen LogP) is 6.71. The first kappa shape index (κ1) is 38.5. The van der Waals surface area contributed by atoms with Gasteiger partial charge in [0.15, 0.2) is 11.5 Å². The number of methoxy groups -OCH3 is 3. The first-order chi connectivity index (χ1) is 25.3. The average Bonchev–Trinajstić information content (AvgIpc) is 3.51. The van der Waals surface area contributed by atoms with Crippen LogP contribution in [0.2, 0.25) is 0 Å². The van der Waals surface area contributed by atoms with E-state index in [1.165, 1.54) is 0 Å². The average molecular weight is 726 g/mol. The molecule has 3 N–H and O–H groups in total. The number of nitrogens with one attached hydrogen (secondary N) is 3. The van der Waals surface area contributed by atoms with Crippen LogP contribution in [-0.4, -0.2) is 70.0 Å². The van der Waals surface area contributed by atoms with Crippen LogP contribution in [0, 0.1) is 23.2 Å². The van der Waals surface area contributed by atoms with Gasteiger partial charge in [0.05, 0.1) is 39.0 Å². The number of benzene rings is 3. The molecule has 4 fully saturated rings. The van der Waals surface area contributed by atoms with Crippen molar-refractivity contribution in [2.24, 2.45) is 23.2 Å². The summed E-state index contributed by atoms with van der Waals surface area (Å²) in [4.78, 5) is 28.1. The third-order valence-corrected chi connectivity index (χ3v) is 11.9. The highest BCUT2D eigenvalue weighted by Crippen LogP contribution is 2.65. The van der Waals surface area contributed by atoms with Crippen LogP contribution in [0.4, 0.5) is 5.69 Å². The molecule has 3 aliphatic carbocycles. The van der Waals surface area contributed by atoms with E-state index in [-0.39, 0.29) is 47.2 Å². The number of carbonyl (C=O) groups excluding carboxylic acids is 2. The Balaban J connectivity index is 1.20. The van der Waals surface area contributed by atoms with E-state index >= 15 is 0 Å². The molecule has 7 atom stereocenters. The molecule has 4 aliphatic rings. The SMILES string of the molecule is COc1ccc(C[C@H](Nc2cccc(-c3ccccc3)c2)C(=O)N[C@@H](C)C(=O)N[C@@H](CC(C)C)B2O[C@@H]3C[C@@H]4C[C@@H](C4(C)C)[C@]3(C)O2)c(OC)c1OC.